The SMILES string of the molecule is CC1CCC1.CCCCCC.CCCCCC(C)C(C)Cc1ccc(C2CC2)cc1. The average molecular weight is 415 g/mol. The van der Waals surface area contributed by atoms with Gasteiger partial charge in [-0.3, -0.25) is 0 Å². The monoisotopic (exact) mass is 414 g/mol. The normalized spacial score (nSPS) is 17.7. The standard InChI is InChI=1S/C19H30.C6H14.C5H10/c1-4-5-6-7-15(2)16(3)14-17-8-10-18(11-9-17)19-12-13-19;1-3-5-6-4-2;1-5-3-2-4-5/h8-11,15-16,19H,4-7,12-14H2,1-3H3;3-6H2,1-2H3;5H,2-4H2,1H3. The smallest absolute Gasteiger partial charge is 0.0162 e. The first kappa shape index (κ1) is 27.3. The van der Waals surface area contributed by atoms with E-state index in [0.717, 1.165) is 23.7 Å². The van der Waals surface area contributed by atoms with Crippen molar-refractivity contribution in [3.8, 4) is 0 Å². The van der Waals surface area contributed by atoms with E-state index >= 15 is 0 Å². The Morgan fingerprint density at radius 1 is 0.733 bits per heavy atom. The van der Waals surface area contributed by atoms with E-state index in [-0.39, 0.29) is 0 Å². The molecule has 30 heavy (non-hydrogen) atoms. The molecule has 0 aromatic heterocycles. The molecule has 1 aromatic carbocycles. The summed E-state index contributed by atoms with van der Waals surface area (Å²) in [5, 5.41) is 0. The molecule has 0 saturated heterocycles. The highest BCUT2D eigenvalue weighted by molar-refractivity contribution is 5.28. The molecule has 3 rings (SSSR count). The van der Waals surface area contributed by atoms with Crippen LogP contribution in [-0.4, -0.2) is 0 Å². The van der Waals surface area contributed by atoms with Gasteiger partial charge in [-0.05, 0) is 54.1 Å². The minimum Gasteiger partial charge on any atom is -0.0654 e. The third-order valence-corrected chi connectivity index (χ3v) is 7.17. The Labute approximate surface area is 190 Å². The van der Waals surface area contributed by atoms with E-state index in [0.29, 0.717) is 0 Å². The van der Waals surface area contributed by atoms with Crippen molar-refractivity contribution in [2.75, 3.05) is 0 Å². The van der Waals surface area contributed by atoms with Crippen molar-refractivity contribution in [3.05, 3.63) is 35.4 Å². The molecule has 2 atom stereocenters. The van der Waals surface area contributed by atoms with Gasteiger partial charge in [0.1, 0.15) is 0 Å². The molecular weight excluding hydrogens is 360 g/mol. The van der Waals surface area contributed by atoms with E-state index < -0.39 is 0 Å². The van der Waals surface area contributed by atoms with E-state index in [4.69, 9.17) is 0 Å². The van der Waals surface area contributed by atoms with Gasteiger partial charge >= 0.3 is 0 Å². The van der Waals surface area contributed by atoms with Crippen molar-refractivity contribution in [1.29, 1.82) is 0 Å². The molecule has 1 aromatic rings. The van der Waals surface area contributed by atoms with Crippen LogP contribution < -0.4 is 0 Å². The summed E-state index contributed by atoms with van der Waals surface area (Å²) in [6.45, 7) is 13.9. The lowest BCUT2D eigenvalue weighted by Gasteiger charge is -2.20. The van der Waals surface area contributed by atoms with Gasteiger partial charge in [-0.25, -0.2) is 0 Å². The lowest BCUT2D eigenvalue weighted by Crippen LogP contribution is -2.11. The molecule has 0 nitrogen and oxygen atoms in total. The number of hydrogen-bond acceptors (Lipinski definition) is 0. The van der Waals surface area contributed by atoms with Crippen LogP contribution in [0.15, 0.2) is 24.3 Å². The summed E-state index contributed by atoms with van der Waals surface area (Å²) in [7, 11) is 0. The van der Waals surface area contributed by atoms with Gasteiger partial charge in [0.2, 0.25) is 0 Å². The topological polar surface area (TPSA) is 0 Å². The van der Waals surface area contributed by atoms with E-state index in [1.54, 1.807) is 5.56 Å². The molecule has 2 aliphatic carbocycles. The van der Waals surface area contributed by atoms with Crippen molar-refractivity contribution in [1.82, 2.24) is 0 Å². The van der Waals surface area contributed by atoms with Crippen molar-refractivity contribution in [3.63, 3.8) is 0 Å². The minimum atomic E-state index is 0.809. The zero-order chi connectivity index (χ0) is 22.2. The van der Waals surface area contributed by atoms with Crippen molar-refractivity contribution >= 4 is 0 Å². The summed E-state index contributed by atoms with van der Waals surface area (Å²) in [6.07, 6.45) is 19.6. The van der Waals surface area contributed by atoms with Crippen molar-refractivity contribution in [2.45, 2.75) is 137 Å². The molecule has 0 N–H and O–H groups in total. The largest absolute Gasteiger partial charge is 0.0654 e. The Morgan fingerprint density at radius 2 is 1.23 bits per heavy atom. The van der Waals surface area contributed by atoms with Crippen LogP contribution in [0.1, 0.15) is 142 Å². The van der Waals surface area contributed by atoms with Gasteiger partial charge in [0.15, 0.2) is 0 Å². The summed E-state index contributed by atoms with van der Waals surface area (Å²) in [5.41, 5.74) is 3.09. The molecule has 0 bridgehead atoms. The van der Waals surface area contributed by atoms with Crippen LogP contribution in [0.3, 0.4) is 0 Å². The molecule has 2 fully saturated rings. The van der Waals surface area contributed by atoms with Gasteiger partial charge in [-0.1, -0.05) is 136 Å². The van der Waals surface area contributed by atoms with Crippen molar-refractivity contribution < 1.29 is 0 Å². The first-order chi connectivity index (χ1) is 14.5. The molecule has 174 valence electrons. The lowest BCUT2D eigenvalue weighted by molar-refractivity contribution is 0.346. The van der Waals surface area contributed by atoms with E-state index in [1.807, 2.05) is 0 Å². The second kappa shape index (κ2) is 16.9. The van der Waals surface area contributed by atoms with Gasteiger partial charge < -0.3 is 0 Å². The van der Waals surface area contributed by atoms with Crippen LogP contribution in [0.4, 0.5) is 0 Å². The molecular formula is C30H54. The Kier molecular flexibility index (Phi) is 15.3. The van der Waals surface area contributed by atoms with Gasteiger partial charge in [-0.2, -0.15) is 0 Å². The van der Waals surface area contributed by atoms with Crippen LogP contribution in [-0.2, 0) is 6.42 Å². The molecule has 0 spiro atoms. The molecule has 2 saturated carbocycles. The maximum absolute atomic E-state index is 2.43. The summed E-state index contributed by atoms with van der Waals surface area (Å²) in [6, 6.07) is 9.45. The second-order valence-corrected chi connectivity index (χ2v) is 10.4. The highest BCUT2D eigenvalue weighted by Crippen LogP contribution is 2.40. The lowest BCUT2D eigenvalue weighted by atomic mass is 9.86. The maximum Gasteiger partial charge on any atom is -0.0162 e. The third-order valence-electron chi connectivity index (χ3n) is 7.17. The Balaban J connectivity index is 0.000000334. The Hall–Kier alpha value is -0.780. The van der Waals surface area contributed by atoms with Gasteiger partial charge in [-0.15, -0.1) is 0 Å². The fourth-order valence-electron chi connectivity index (χ4n) is 4.03. The van der Waals surface area contributed by atoms with Gasteiger partial charge in [0.05, 0.1) is 0 Å². The number of rotatable bonds is 11. The van der Waals surface area contributed by atoms with Crippen molar-refractivity contribution in [2.24, 2.45) is 17.8 Å². The Morgan fingerprint density at radius 3 is 1.63 bits per heavy atom. The second-order valence-electron chi connectivity index (χ2n) is 10.4. The van der Waals surface area contributed by atoms with Gasteiger partial charge in [0, 0.05) is 0 Å². The molecule has 0 heterocycles. The van der Waals surface area contributed by atoms with E-state index in [1.165, 1.54) is 95.5 Å². The minimum absolute atomic E-state index is 0.809. The first-order valence-corrected chi connectivity index (χ1v) is 13.6. The summed E-state index contributed by atoms with van der Waals surface area (Å²) >= 11 is 0. The summed E-state index contributed by atoms with van der Waals surface area (Å²) in [5.74, 6) is 3.62. The van der Waals surface area contributed by atoms with Crippen LogP contribution >= 0.6 is 0 Å². The fourth-order valence-corrected chi connectivity index (χ4v) is 4.03. The van der Waals surface area contributed by atoms with E-state index in [9.17, 15) is 0 Å². The first-order valence-electron chi connectivity index (χ1n) is 13.6. The third kappa shape index (κ3) is 12.8. The number of benzene rings is 1. The molecule has 0 aliphatic heterocycles. The number of unbranched alkanes of at least 4 members (excludes halogenated alkanes) is 5. The van der Waals surface area contributed by atoms with Gasteiger partial charge in [0.25, 0.3) is 0 Å². The Bertz CT molecular complexity index is 487. The zero-order valence-corrected chi connectivity index (χ0v) is 21.5. The highest BCUT2D eigenvalue weighted by Gasteiger charge is 2.23. The van der Waals surface area contributed by atoms with Crippen LogP contribution in [0.25, 0.3) is 0 Å². The molecule has 0 radical (unpaired) electrons. The highest BCUT2D eigenvalue weighted by atomic mass is 14.3. The van der Waals surface area contributed by atoms with Crippen LogP contribution in [0.5, 0.6) is 0 Å². The molecule has 2 aliphatic rings. The summed E-state index contributed by atoms with van der Waals surface area (Å²) < 4.78 is 0. The predicted molar refractivity (Wildman–Crippen MR) is 137 cm³/mol. The molecule has 0 amide bonds. The fraction of sp³-hybridized carbons (Fsp3) is 0.800. The molecule has 0 heteroatoms. The predicted octanol–water partition coefficient (Wildman–Crippen LogP) is 10.4. The number of hydrogen-bond donors (Lipinski definition) is 0. The summed E-state index contributed by atoms with van der Waals surface area (Å²) in [4.78, 5) is 0. The maximum atomic E-state index is 2.43. The quantitative estimate of drug-likeness (QED) is 0.316. The zero-order valence-electron chi connectivity index (χ0n) is 21.5. The van der Waals surface area contributed by atoms with Crippen LogP contribution in [0, 0.1) is 17.8 Å². The van der Waals surface area contributed by atoms with E-state index in [2.05, 4.69) is 65.8 Å². The average Bonchev–Trinajstić information content (AvgIpc) is 3.57. The van der Waals surface area contributed by atoms with Crippen LogP contribution in [0.2, 0.25) is 0 Å². The molecule has 2 unspecified atom stereocenters.